The zero-order valence-corrected chi connectivity index (χ0v) is 12.8. The second kappa shape index (κ2) is 7.73. The van der Waals surface area contributed by atoms with Gasteiger partial charge < -0.3 is 4.74 Å². The summed E-state index contributed by atoms with van der Waals surface area (Å²) >= 11 is 0. The minimum atomic E-state index is -0.645. The summed E-state index contributed by atoms with van der Waals surface area (Å²) in [6, 6.07) is 12.5. The topological polar surface area (TPSA) is 111 Å². The third-order valence-corrected chi connectivity index (χ3v) is 3.05. The van der Waals surface area contributed by atoms with E-state index in [0.717, 1.165) is 5.56 Å². The maximum absolute atomic E-state index is 11.8. The molecule has 2 rings (SSSR count). The Bertz CT molecular complexity index is 759. The van der Waals surface area contributed by atoms with E-state index < -0.39 is 23.3 Å². The van der Waals surface area contributed by atoms with Crippen molar-refractivity contribution in [1.29, 1.82) is 0 Å². The first kappa shape index (κ1) is 16.9. The lowest BCUT2D eigenvalue weighted by atomic mass is 10.1. The summed E-state index contributed by atoms with van der Waals surface area (Å²) in [5.74, 6) is -1.15. The second-order valence-corrected chi connectivity index (χ2v) is 4.88. The van der Waals surface area contributed by atoms with Gasteiger partial charge in [-0.05, 0) is 25.1 Å². The number of hydrazine groups is 1. The highest BCUT2D eigenvalue weighted by atomic mass is 16.6. The van der Waals surface area contributed by atoms with Gasteiger partial charge in [0.15, 0.2) is 12.4 Å². The SMILES string of the molecule is Cc1ccc(C(=O)NNC(=O)COc2ccccc2[N+](=O)[O-])cc1. The monoisotopic (exact) mass is 329 g/mol. The van der Waals surface area contributed by atoms with Crippen LogP contribution in [-0.2, 0) is 4.79 Å². The van der Waals surface area contributed by atoms with Crippen LogP contribution in [0, 0.1) is 17.0 Å². The molecular weight excluding hydrogens is 314 g/mol. The van der Waals surface area contributed by atoms with Crippen LogP contribution in [0.2, 0.25) is 0 Å². The van der Waals surface area contributed by atoms with E-state index in [2.05, 4.69) is 10.9 Å². The average molecular weight is 329 g/mol. The number of nitrogens with zero attached hydrogens (tertiary/aromatic N) is 1. The number of aryl methyl sites for hydroxylation is 1. The fourth-order valence-electron chi connectivity index (χ4n) is 1.81. The van der Waals surface area contributed by atoms with Crippen LogP contribution < -0.4 is 15.6 Å². The summed E-state index contributed by atoms with van der Waals surface area (Å²) in [5.41, 5.74) is 5.58. The maximum atomic E-state index is 11.8. The molecule has 124 valence electrons. The molecule has 0 aliphatic heterocycles. The van der Waals surface area contributed by atoms with Gasteiger partial charge in [0.1, 0.15) is 0 Å². The van der Waals surface area contributed by atoms with Gasteiger partial charge in [0.25, 0.3) is 11.8 Å². The molecule has 0 unspecified atom stereocenters. The third kappa shape index (κ3) is 4.54. The quantitative estimate of drug-likeness (QED) is 0.641. The number of amides is 2. The highest BCUT2D eigenvalue weighted by Crippen LogP contribution is 2.25. The molecule has 2 aromatic rings. The Morgan fingerprint density at radius 2 is 1.75 bits per heavy atom. The Hall–Kier alpha value is -3.42. The van der Waals surface area contributed by atoms with Gasteiger partial charge in [-0.15, -0.1) is 0 Å². The largest absolute Gasteiger partial charge is 0.477 e. The van der Waals surface area contributed by atoms with E-state index in [1.54, 1.807) is 30.3 Å². The lowest BCUT2D eigenvalue weighted by Gasteiger charge is -2.09. The molecule has 0 saturated carbocycles. The zero-order valence-electron chi connectivity index (χ0n) is 12.8. The van der Waals surface area contributed by atoms with Crippen molar-refractivity contribution in [2.75, 3.05) is 6.61 Å². The van der Waals surface area contributed by atoms with Crippen LogP contribution in [0.25, 0.3) is 0 Å². The second-order valence-electron chi connectivity index (χ2n) is 4.88. The maximum Gasteiger partial charge on any atom is 0.310 e. The summed E-state index contributed by atoms with van der Waals surface area (Å²) in [5, 5.41) is 10.8. The van der Waals surface area contributed by atoms with Crippen LogP contribution in [-0.4, -0.2) is 23.3 Å². The summed E-state index contributed by atoms with van der Waals surface area (Å²) in [6.45, 7) is 1.42. The molecule has 2 aromatic carbocycles. The number of carbonyl (C=O) groups excluding carboxylic acids is 2. The molecule has 0 saturated heterocycles. The van der Waals surface area contributed by atoms with E-state index in [4.69, 9.17) is 4.74 Å². The Labute approximate surface area is 137 Å². The number of hydrogen-bond donors (Lipinski definition) is 2. The summed E-state index contributed by atoms with van der Waals surface area (Å²) in [4.78, 5) is 33.7. The van der Waals surface area contributed by atoms with Crippen molar-refractivity contribution in [1.82, 2.24) is 10.9 Å². The lowest BCUT2D eigenvalue weighted by molar-refractivity contribution is -0.385. The number of nitro benzene ring substituents is 1. The third-order valence-electron chi connectivity index (χ3n) is 3.05. The van der Waals surface area contributed by atoms with Crippen molar-refractivity contribution in [2.45, 2.75) is 6.92 Å². The minimum absolute atomic E-state index is 0.0255. The first-order valence-electron chi connectivity index (χ1n) is 6.99. The average Bonchev–Trinajstić information content (AvgIpc) is 2.58. The Kier molecular flexibility index (Phi) is 5.45. The van der Waals surface area contributed by atoms with Crippen LogP contribution >= 0.6 is 0 Å². The van der Waals surface area contributed by atoms with Crippen molar-refractivity contribution in [3.05, 3.63) is 69.8 Å². The number of carbonyl (C=O) groups is 2. The molecule has 2 amide bonds. The van der Waals surface area contributed by atoms with Crippen molar-refractivity contribution >= 4 is 17.5 Å². The van der Waals surface area contributed by atoms with Gasteiger partial charge in [-0.25, -0.2) is 0 Å². The summed E-state index contributed by atoms with van der Waals surface area (Å²) in [7, 11) is 0. The van der Waals surface area contributed by atoms with Crippen molar-refractivity contribution in [2.24, 2.45) is 0 Å². The normalized spacial score (nSPS) is 9.88. The Balaban J connectivity index is 1.85. The molecule has 8 heteroatoms. The number of benzene rings is 2. The molecule has 0 heterocycles. The predicted octanol–water partition coefficient (Wildman–Crippen LogP) is 1.74. The molecule has 0 bridgehead atoms. The van der Waals surface area contributed by atoms with E-state index in [0.29, 0.717) is 5.56 Å². The molecule has 0 radical (unpaired) electrons. The molecular formula is C16H15N3O5. The summed E-state index contributed by atoms with van der Waals surface area (Å²) < 4.78 is 5.11. The standard InChI is InChI=1S/C16H15N3O5/c1-11-6-8-12(9-7-11)16(21)18-17-15(20)10-24-14-5-3-2-4-13(14)19(22)23/h2-9H,10H2,1H3,(H,17,20)(H,18,21). The van der Waals surface area contributed by atoms with Gasteiger partial charge in [-0.3, -0.25) is 30.6 Å². The highest BCUT2D eigenvalue weighted by Gasteiger charge is 2.15. The van der Waals surface area contributed by atoms with Gasteiger partial charge in [0.05, 0.1) is 4.92 Å². The molecule has 0 aromatic heterocycles. The molecule has 0 atom stereocenters. The lowest BCUT2D eigenvalue weighted by Crippen LogP contribution is -2.43. The van der Waals surface area contributed by atoms with Gasteiger partial charge in [0.2, 0.25) is 0 Å². The van der Waals surface area contributed by atoms with Gasteiger partial charge in [-0.2, -0.15) is 0 Å². The number of nitrogens with one attached hydrogen (secondary N) is 2. The number of hydrogen-bond acceptors (Lipinski definition) is 5. The van der Waals surface area contributed by atoms with E-state index in [-0.39, 0.29) is 11.4 Å². The van der Waals surface area contributed by atoms with E-state index in [1.807, 2.05) is 6.92 Å². The molecule has 0 spiro atoms. The molecule has 0 fully saturated rings. The minimum Gasteiger partial charge on any atom is -0.477 e. The molecule has 0 aliphatic rings. The smallest absolute Gasteiger partial charge is 0.310 e. The molecule has 0 aliphatic carbocycles. The van der Waals surface area contributed by atoms with Crippen LogP contribution in [0.5, 0.6) is 5.75 Å². The highest BCUT2D eigenvalue weighted by molar-refractivity contribution is 5.95. The van der Waals surface area contributed by atoms with Gasteiger partial charge in [0, 0.05) is 11.6 Å². The Morgan fingerprint density at radius 1 is 1.08 bits per heavy atom. The summed E-state index contributed by atoms with van der Waals surface area (Å²) in [6.07, 6.45) is 0. The van der Waals surface area contributed by atoms with Crippen molar-refractivity contribution in [3.8, 4) is 5.75 Å². The van der Waals surface area contributed by atoms with Crippen molar-refractivity contribution in [3.63, 3.8) is 0 Å². The molecule has 2 N–H and O–H groups in total. The van der Waals surface area contributed by atoms with Crippen LogP contribution in [0.4, 0.5) is 5.69 Å². The number of para-hydroxylation sites is 2. The van der Waals surface area contributed by atoms with Crippen molar-refractivity contribution < 1.29 is 19.2 Å². The fourth-order valence-corrected chi connectivity index (χ4v) is 1.81. The van der Waals surface area contributed by atoms with E-state index >= 15 is 0 Å². The predicted molar refractivity (Wildman–Crippen MR) is 85.4 cm³/mol. The first-order valence-corrected chi connectivity index (χ1v) is 6.99. The van der Waals surface area contributed by atoms with E-state index in [9.17, 15) is 19.7 Å². The zero-order chi connectivity index (χ0) is 17.5. The Morgan fingerprint density at radius 3 is 2.42 bits per heavy atom. The van der Waals surface area contributed by atoms with Crippen LogP contribution in [0.1, 0.15) is 15.9 Å². The van der Waals surface area contributed by atoms with Gasteiger partial charge >= 0.3 is 5.69 Å². The molecule has 24 heavy (non-hydrogen) atoms. The van der Waals surface area contributed by atoms with E-state index in [1.165, 1.54) is 18.2 Å². The first-order chi connectivity index (χ1) is 11.5. The van der Waals surface area contributed by atoms with Crippen LogP contribution in [0.15, 0.2) is 48.5 Å². The fraction of sp³-hybridized carbons (Fsp3) is 0.125. The molecule has 8 nitrogen and oxygen atoms in total. The van der Waals surface area contributed by atoms with Crippen LogP contribution in [0.3, 0.4) is 0 Å². The number of nitro groups is 1. The number of ether oxygens (including phenoxy) is 1. The number of rotatable bonds is 5. The van der Waals surface area contributed by atoms with Gasteiger partial charge in [-0.1, -0.05) is 29.8 Å².